The van der Waals surface area contributed by atoms with E-state index in [1.165, 1.54) is 53.1 Å². The molecule has 0 saturated carbocycles. The van der Waals surface area contributed by atoms with Gasteiger partial charge in [-0.3, -0.25) is 0 Å². The van der Waals surface area contributed by atoms with Gasteiger partial charge in [-0.15, -0.1) is 11.3 Å². The van der Waals surface area contributed by atoms with Gasteiger partial charge in [0.25, 0.3) is 0 Å². The van der Waals surface area contributed by atoms with Crippen LogP contribution in [0.25, 0.3) is 103 Å². The molecule has 0 bridgehead atoms. The molecule has 3 aromatic heterocycles. The molecule has 0 aliphatic carbocycles. The van der Waals surface area contributed by atoms with Gasteiger partial charge in [-0.1, -0.05) is 140 Å². The minimum atomic E-state index is 0.913. The van der Waals surface area contributed by atoms with E-state index in [1.54, 1.807) is 0 Å². The van der Waals surface area contributed by atoms with Crippen molar-refractivity contribution in [1.29, 1.82) is 0 Å². The van der Waals surface area contributed by atoms with Gasteiger partial charge in [0.05, 0.1) is 11.0 Å². The van der Waals surface area contributed by atoms with E-state index in [-0.39, 0.29) is 0 Å². The summed E-state index contributed by atoms with van der Waals surface area (Å²) in [6.07, 6.45) is 0. The smallest absolute Gasteiger partial charge is 0.143 e. The Morgan fingerprint density at radius 3 is 1.82 bits per heavy atom. The molecule has 0 amide bonds. The third kappa shape index (κ3) is 4.29. The predicted molar refractivity (Wildman–Crippen MR) is 217 cm³/mol. The zero-order valence-electron chi connectivity index (χ0n) is 27.5. The number of fused-ring (bicyclic) bond motifs is 10. The van der Waals surface area contributed by atoms with Gasteiger partial charge in [0, 0.05) is 58.5 Å². The standard InChI is InChI=1S/C48H29NOS/c1-2-11-30(12-3-1)32-13-8-14-33(29-32)36-18-10-20-39-38-19-9-17-35(46(38)50-47(36)39)31-23-25-34(26-24-31)49-42-21-6-4-16-41(42)45-43(49)28-27-40-37-15-5-7-22-44(37)51-48(40)45/h1-29H. The summed E-state index contributed by atoms with van der Waals surface area (Å²) in [6, 6.07) is 63.4. The normalized spacial score (nSPS) is 11.9. The maximum absolute atomic E-state index is 6.85. The van der Waals surface area contributed by atoms with Crippen LogP contribution in [0.2, 0.25) is 0 Å². The molecule has 0 atom stereocenters. The second-order valence-electron chi connectivity index (χ2n) is 13.2. The average molecular weight is 668 g/mol. The summed E-state index contributed by atoms with van der Waals surface area (Å²) in [6.45, 7) is 0. The molecule has 238 valence electrons. The van der Waals surface area contributed by atoms with Crippen LogP contribution in [-0.4, -0.2) is 4.57 Å². The molecular weight excluding hydrogens is 639 g/mol. The Morgan fingerprint density at radius 1 is 0.392 bits per heavy atom. The molecule has 0 aliphatic heterocycles. The lowest BCUT2D eigenvalue weighted by molar-refractivity contribution is 0.671. The summed E-state index contributed by atoms with van der Waals surface area (Å²) < 4.78 is 11.9. The van der Waals surface area contributed by atoms with Crippen LogP contribution in [0.1, 0.15) is 0 Å². The van der Waals surface area contributed by atoms with Gasteiger partial charge in [-0.25, -0.2) is 0 Å². The Balaban J connectivity index is 1.04. The number of hydrogen-bond acceptors (Lipinski definition) is 2. The highest BCUT2D eigenvalue weighted by Gasteiger charge is 2.19. The third-order valence-electron chi connectivity index (χ3n) is 10.4. The SMILES string of the molecule is c1ccc(-c2cccc(-c3cccc4c3oc3c(-c5ccc(-n6c7ccccc7c7c8sc9ccccc9c8ccc76)cc5)cccc34)c2)cc1. The van der Waals surface area contributed by atoms with E-state index in [9.17, 15) is 0 Å². The van der Waals surface area contributed by atoms with Gasteiger partial charge in [-0.2, -0.15) is 0 Å². The molecule has 0 saturated heterocycles. The third-order valence-corrected chi connectivity index (χ3v) is 11.6. The number of benzene rings is 8. The highest BCUT2D eigenvalue weighted by molar-refractivity contribution is 7.26. The van der Waals surface area contributed by atoms with Crippen molar-refractivity contribution >= 4 is 75.3 Å². The highest BCUT2D eigenvalue weighted by Crippen LogP contribution is 2.44. The van der Waals surface area contributed by atoms with Crippen molar-refractivity contribution in [1.82, 2.24) is 4.57 Å². The summed E-state index contributed by atoms with van der Waals surface area (Å²) in [5, 5.41) is 7.52. The fourth-order valence-electron chi connectivity index (χ4n) is 8.07. The zero-order chi connectivity index (χ0) is 33.5. The van der Waals surface area contributed by atoms with E-state index >= 15 is 0 Å². The first-order valence-corrected chi connectivity index (χ1v) is 18.2. The Bertz CT molecular complexity index is 3120. The molecular formula is C48H29NOS. The number of rotatable bonds is 4. The Kier molecular flexibility index (Phi) is 6.16. The minimum absolute atomic E-state index is 0.913. The lowest BCUT2D eigenvalue weighted by Gasteiger charge is -2.10. The van der Waals surface area contributed by atoms with E-state index in [2.05, 4.69) is 180 Å². The first-order valence-electron chi connectivity index (χ1n) is 17.3. The van der Waals surface area contributed by atoms with Crippen LogP contribution in [0.3, 0.4) is 0 Å². The lowest BCUT2D eigenvalue weighted by Crippen LogP contribution is -1.93. The molecule has 3 heterocycles. The van der Waals surface area contributed by atoms with Crippen LogP contribution in [-0.2, 0) is 0 Å². The molecule has 8 aromatic carbocycles. The van der Waals surface area contributed by atoms with Gasteiger partial charge in [-0.05, 0) is 58.7 Å². The molecule has 0 spiro atoms. The van der Waals surface area contributed by atoms with Crippen LogP contribution in [0.15, 0.2) is 180 Å². The van der Waals surface area contributed by atoms with Crippen LogP contribution in [0.4, 0.5) is 0 Å². The molecule has 11 rings (SSSR count). The molecule has 3 heteroatoms. The van der Waals surface area contributed by atoms with Crippen molar-refractivity contribution < 1.29 is 4.42 Å². The van der Waals surface area contributed by atoms with E-state index in [4.69, 9.17) is 4.42 Å². The first-order chi connectivity index (χ1) is 25.3. The number of aromatic nitrogens is 1. The van der Waals surface area contributed by atoms with Gasteiger partial charge >= 0.3 is 0 Å². The molecule has 0 fully saturated rings. The van der Waals surface area contributed by atoms with Crippen molar-refractivity contribution in [3.05, 3.63) is 176 Å². The first kappa shape index (κ1) is 28.4. The molecule has 0 aliphatic rings. The fraction of sp³-hybridized carbons (Fsp3) is 0. The van der Waals surface area contributed by atoms with Gasteiger partial charge in [0.15, 0.2) is 0 Å². The van der Waals surface area contributed by atoms with Crippen molar-refractivity contribution in [2.45, 2.75) is 0 Å². The largest absolute Gasteiger partial charge is 0.455 e. The second kappa shape index (κ2) is 11.0. The number of hydrogen-bond donors (Lipinski definition) is 0. The Hall–Kier alpha value is -6.42. The Labute approximate surface area is 298 Å². The van der Waals surface area contributed by atoms with Crippen molar-refractivity contribution in [2.75, 3.05) is 0 Å². The summed E-state index contributed by atoms with van der Waals surface area (Å²) in [5.41, 5.74) is 12.3. The van der Waals surface area contributed by atoms with Crippen molar-refractivity contribution in [3.8, 4) is 39.1 Å². The van der Waals surface area contributed by atoms with E-state index < -0.39 is 0 Å². The van der Waals surface area contributed by atoms with Crippen LogP contribution in [0.5, 0.6) is 0 Å². The number of furan rings is 1. The average Bonchev–Trinajstić information content (AvgIpc) is 3.88. The second-order valence-corrected chi connectivity index (χ2v) is 14.3. The Morgan fingerprint density at radius 2 is 1.02 bits per heavy atom. The summed E-state index contributed by atoms with van der Waals surface area (Å²) >= 11 is 1.89. The molecule has 0 radical (unpaired) electrons. The minimum Gasteiger partial charge on any atom is -0.455 e. The molecule has 51 heavy (non-hydrogen) atoms. The highest BCUT2D eigenvalue weighted by atomic mass is 32.1. The molecule has 0 unspecified atom stereocenters. The maximum Gasteiger partial charge on any atom is 0.143 e. The number of para-hydroxylation sites is 3. The lowest BCUT2D eigenvalue weighted by atomic mass is 9.97. The zero-order valence-corrected chi connectivity index (χ0v) is 28.3. The van der Waals surface area contributed by atoms with Crippen molar-refractivity contribution in [3.63, 3.8) is 0 Å². The number of nitrogens with zero attached hydrogens (tertiary/aromatic N) is 1. The number of thiophene rings is 1. The van der Waals surface area contributed by atoms with Crippen LogP contribution < -0.4 is 0 Å². The van der Waals surface area contributed by atoms with Gasteiger partial charge in [0.1, 0.15) is 11.2 Å². The summed E-state index contributed by atoms with van der Waals surface area (Å²) in [7, 11) is 0. The van der Waals surface area contributed by atoms with Crippen LogP contribution in [0, 0.1) is 0 Å². The van der Waals surface area contributed by atoms with Gasteiger partial charge in [0.2, 0.25) is 0 Å². The topological polar surface area (TPSA) is 18.1 Å². The van der Waals surface area contributed by atoms with Crippen molar-refractivity contribution in [2.24, 2.45) is 0 Å². The molecule has 0 N–H and O–H groups in total. The van der Waals surface area contributed by atoms with E-state index in [0.29, 0.717) is 0 Å². The predicted octanol–water partition coefficient (Wildman–Crippen LogP) is 14.1. The monoisotopic (exact) mass is 667 g/mol. The van der Waals surface area contributed by atoms with Crippen LogP contribution >= 0.6 is 11.3 Å². The fourth-order valence-corrected chi connectivity index (χ4v) is 9.33. The molecule has 2 nitrogen and oxygen atoms in total. The summed E-state index contributed by atoms with van der Waals surface area (Å²) in [4.78, 5) is 0. The van der Waals surface area contributed by atoms with E-state index in [0.717, 1.165) is 49.9 Å². The van der Waals surface area contributed by atoms with Gasteiger partial charge < -0.3 is 8.98 Å². The quantitative estimate of drug-likeness (QED) is 0.183. The maximum atomic E-state index is 6.85. The summed E-state index contributed by atoms with van der Waals surface area (Å²) in [5.74, 6) is 0. The molecule has 11 aromatic rings. The van der Waals surface area contributed by atoms with E-state index in [1.807, 2.05) is 11.3 Å².